The van der Waals surface area contributed by atoms with E-state index in [2.05, 4.69) is 18.8 Å². The Balaban J connectivity index is 2.29. The highest BCUT2D eigenvalue weighted by atomic mass is 35.5. The molecule has 0 saturated carbocycles. The number of carbonyl (C=O) groups is 1. The van der Waals surface area contributed by atoms with Crippen molar-refractivity contribution in [3.05, 3.63) is 22.8 Å². The first-order valence-electron chi connectivity index (χ1n) is 6.24. The van der Waals surface area contributed by atoms with Crippen LogP contribution in [0.2, 0.25) is 5.15 Å². The lowest BCUT2D eigenvalue weighted by atomic mass is 9.96. The van der Waals surface area contributed by atoms with Crippen LogP contribution in [0.15, 0.2) is 12.1 Å². The van der Waals surface area contributed by atoms with Crippen molar-refractivity contribution in [2.45, 2.75) is 45.2 Å². The summed E-state index contributed by atoms with van der Waals surface area (Å²) in [5, 5.41) is 0.260. The monoisotopic (exact) mass is 267 g/mol. The molecule has 1 fully saturated rings. The number of pyridine rings is 1. The maximum atomic E-state index is 12.5. The van der Waals surface area contributed by atoms with Gasteiger partial charge in [-0.2, -0.15) is 0 Å². The Morgan fingerprint density at radius 1 is 1.39 bits per heavy atom. The second-order valence-corrected chi connectivity index (χ2v) is 5.33. The third-order valence-corrected chi connectivity index (χ3v) is 3.68. The number of nitrogens with two attached hydrogens (primary N) is 1. The maximum absolute atomic E-state index is 12.5. The van der Waals surface area contributed by atoms with Crippen LogP contribution in [-0.2, 0) is 0 Å². The molecule has 1 aliphatic heterocycles. The van der Waals surface area contributed by atoms with Gasteiger partial charge in [-0.25, -0.2) is 4.98 Å². The van der Waals surface area contributed by atoms with Crippen LogP contribution >= 0.6 is 11.6 Å². The second-order valence-electron chi connectivity index (χ2n) is 4.94. The van der Waals surface area contributed by atoms with Crippen molar-refractivity contribution in [3.8, 4) is 0 Å². The molecule has 0 radical (unpaired) electrons. The molecular formula is C13H18ClN3O. The lowest BCUT2D eigenvalue weighted by Gasteiger charge is -2.39. The van der Waals surface area contributed by atoms with E-state index in [4.69, 9.17) is 17.3 Å². The fraction of sp³-hybridized carbons (Fsp3) is 0.538. The fourth-order valence-corrected chi connectivity index (χ4v) is 2.83. The fourth-order valence-electron chi connectivity index (χ4n) is 2.61. The molecule has 0 bridgehead atoms. The maximum Gasteiger partial charge on any atom is 0.254 e. The number of hydrogen-bond donors (Lipinski definition) is 1. The molecule has 2 unspecified atom stereocenters. The highest BCUT2D eigenvalue weighted by molar-refractivity contribution is 6.29. The zero-order chi connectivity index (χ0) is 13.3. The Labute approximate surface area is 112 Å². The van der Waals surface area contributed by atoms with Gasteiger partial charge in [-0.05, 0) is 45.2 Å². The molecular weight excluding hydrogens is 250 g/mol. The summed E-state index contributed by atoms with van der Waals surface area (Å²) in [7, 11) is 0. The normalized spacial score (nSPS) is 24.1. The Bertz CT molecular complexity index is 433. The Morgan fingerprint density at radius 3 is 2.56 bits per heavy atom. The van der Waals surface area contributed by atoms with Gasteiger partial charge in [-0.15, -0.1) is 0 Å². The number of carbonyl (C=O) groups excluding carboxylic acids is 1. The van der Waals surface area contributed by atoms with Gasteiger partial charge in [0, 0.05) is 17.6 Å². The topological polar surface area (TPSA) is 59.2 Å². The number of anilines is 1. The zero-order valence-electron chi connectivity index (χ0n) is 10.7. The van der Waals surface area contributed by atoms with Gasteiger partial charge in [-0.3, -0.25) is 4.79 Å². The Hall–Kier alpha value is -1.29. The van der Waals surface area contributed by atoms with Crippen LogP contribution in [0.5, 0.6) is 0 Å². The largest absolute Gasteiger partial charge is 0.384 e. The Kier molecular flexibility index (Phi) is 3.76. The standard InChI is InChI=1S/C13H18ClN3O/c1-8-4-3-5-9(2)17(8)13(18)10-6-11(14)16-12(15)7-10/h6-9H,3-5H2,1-2H3,(H2,15,16). The van der Waals surface area contributed by atoms with E-state index in [9.17, 15) is 4.79 Å². The molecule has 98 valence electrons. The second kappa shape index (κ2) is 5.14. The van der Waals surface area contributed by atoms with E-state index in [-0.39, 0.29) is 29.0 Å². The molecule has 4 nitrogen and oxygen atoms in total. The number of amides is 1. The lowest BCUT2D eigenvalue weighted by molar-refractivity contribution is 0.0510. The molecule has 5 heteroatoms. The molecule has 0 aliphatic carbocycles. The van der Waals surface area contributed by atoms with Crippen LogP contribution in [0.3, 0.4) is 0 Å². The first-order chi connectivity index (χ1) is 8.49. The number of likely N-dealkylation sites (tertiary alicyclic amines) is 1. The highest BCUT2D eigenvalue weighted by Crippen LogP contribution is 2.25. The summed E-state index contributed by atoms with van der Waals surface area (Å²) < 4.78 is 0. The van der Waals surface area contributed by atoms with Gasteiger partial charge >= 0.3 is 0 Å². The van der Waals surface area contributed by atoms with Gasteiger partial charge < -0.3 is 10.6 Å². The van der Waals surface area contributed by atoms with Crippen LogP contribution in [0, 0.1) is 0 Å². The summed E-state index contributed by atoms with van der Waals surface area (Å²) in [6.45, 7) is 4.17. The predicted molar refractivity (Wildman–Crippen MR) is 72.6 cm³/mol. The number of nitrogens with zero attached hydrogens (tertiary/aromatic N) is 2. The Morgan fingerprint density at radius 2 is 2.00 bits per heavy atom. The first-order valence-corrected chi connectivity index (χ1v) is 6.62. The molecule has 2 heterocycles. The number of rotatable bonds is 1. The minimum absolute atomic E-state index is 0.00861. The molecule has 1 saturated heterocycles. The van der Waals surface area contributed by atoms with Crippen LogP contribution < -0.4 is 5.73 Å². The predicted octanol–water partition coefficient (Wildman–Crippen LogP) is 2.72. The third-order valence-electron chi connectivity index (χ3n) is 3.49. The van der Waals surface area contributed by atoms with Crippen molar-refractivity contribution in [1.29, 1.82) is 0 Å². The average Bonchev–Trinajstić information content (AvgIpc) is 2.27. The van der Waals surface area contributed by atoms with Crippen molar-refractivity contribution in [1.82, 2.24) is 9.88 Å². The number of nitrogen functional groups attached to an aromatic ring is 1. The summed E-state index contributed by atoms with van der Waals surface area (Å²) in [6, 6.07) is 3.68. The summed E-state index contributed by atoms with van der Waals surface area (Å²) in [5.41, 5.74) is 6.15. The first kappa shape index (κ1) is 13.1. The van der Waals surface area contributed by atoms with E-state index in [0.717, 1.165) is 12.8 Å². The number of piperidine rings is 1. The minimum atomic E-state index is -0.00861. The van der Waals surface area contributed by atoms with Crippen molar-refractivity contribution < 1.29 is 4.79 Å². The van der Waals surface area contributed by atoms with E-state index in [1.54, 1.807) is 12.1 Å². The number of hydrogen-bond acceptors (Lipinski definition) is 3. The number of aromatic nitrogens is 1. The zero-order valence-corrected chi connectivity index (χ0v) is 11.4. The van der Waals surface area contributed by atoms with E-state index in [1.807, 2.05) is 4.90 Å². The van der Waals surface area contributed by atoms with Gasteiger partial charge in [0.15, 0.2) is 0 Å². The van der Waals surface area contributed by atoms with Gasteiger partial charge in [-0.1, -0.05) is 11.6 Å². The van der Waals surface area contributed by atoms with Crippen molar-refractivity contribution >= 4 is 23.3 Å². The molecule has 1 aromatic rings. The minimum Gasteiger partial charge on any atom is -0.384 e. The smallest absolute Gasteiger partial charge is 0.254 e. The van der Waals surface area contributed by atoms with Crippen molar-refractivity contribution in [2.24, 2.45) is 0 Å². The lowest BCUT2D eigenvalue weighted by Crippen LogP contribution is -2.47. The van der Waals surface area contributed by atoms with E-state index in [0.29, 0.717) is 5.56 Å². The van der Waals surface area contributed by atoms with Crippen LogP contribution in [0.25, 0.3) is 0 Å². The number of halogens is 1. The summed E-state index contributed by atoms with van der Waals surface area (Å²) >= 11 is 5.84. The van der Waals surface area contributed by atoms with Crippen molar-refractivity contribution in [3.63, 3.8) is 0 Å². The molecule has 1 aromatic heterocycles. The third kappa shape index (κ3) is 2.58. The average molecular weight is 268 g/mol. The molecule has 1 amide bonds. The van der Waals surface area contributed by atoms with Crippen molar-refractivity contribution in [2.75, 3.05) is 5.73 Å². The van der Waals surface area contributed by atoms with Gasteiger partial charge in [0.05, 0.1) is 0 Å². The molecule has 2 rings (SSSR count). The molecule has 0 spiro atoms. The van der Waals surface area contributed by atoms with E-state index >= 15 is 0 Å². The quantitative estimate of drug-likeness (QED) is 0.796. The van der Waals surface area contributed by atoms with Crippen LogP contribution in [0.4, 0.5) is 5.82 Å². The van der Waals surface area contributed by atoms with Crippen LogP contribution in [-0.4, -0.2) is 27.9 Å². The van der Waals surface area contributed by atoms with E-state index in [1.165, 1.54) is 6.42 Å². The highest BCUT2D eigenvalue weighted by Gasteiger charge is 2.29. The molecule has 1 aliphatic rings. The molecule has 18 heavy (non-hydrogen) atoms. The van der Waals surface area contributed by atoms with Gasteiger partial charge in [0.25, 0.3) is 5.91 Å². The van der Waals surface area contributed by atoms with Gasteiger partial charge in [0.2, 0.25) is 0 Å². The molecule has 0 aromatic carbocycles. The summed E-state index contributed by atoms with van der Waals surface area (Å²) in [5.74, 6) is 0.272. The molecule has 2 atom stereocenters. The van der Waals surface area contributed by atoms with E-state index < -0.39 is 0 Å². The SMILES string of the molecule is CC1CCCC(C)N1C(=O)c1cc(N)nc(Cl)c1. The van der Waals surface area contributed by atoms with Gasteiger partial charge in [0.1, 0.15) is 11.0 Å². The van der Waals surface area contributed by atoms with Crippen LogP contribution in [0.1, 0.15) is 43.5 Å². The summed E-state index contributed by atoms with van der Waals surface area (Å²) in [4.78, 5) is 18.3. The molecule has 2 N–H and O–H groups in total. The summed E-state index contributed by atoms with van der Waals surface area (Å²) in [6.07, 6.45) is 3.26.